The standard InChI is InChI=1S/C21H29N3O3S/c1-5-20(24(28(4,26)27)19-13-9-10-17(2)16-19)21(25)22-14-15-23(3)18-11-7-6-8-12-18/h6-13,16,20H,5,14-15H2,1-4H3,(H,22,25)/t20-/m1/s1. The first-order valence-corrected chi connectivity index (χ1v) is 11.2. The Labute approximate surface area is 168 Å². The predicted molar refractivity (Wildman–Crippen MR) is 115 cm³/mol. The molecule has 28 heavy (non-hydrogen) atoms. The van der Waals surface area contributed by atoms with Crippen LogP contribution in [0.25, 0.3) is 0 Å². The number of rotatable bonds is 9. The second kappa shape index (κ2) is 9.59. The van der Waals surface area contributed by atoms with Crippen LogP contribution in [0, 0.1) is 6.92 Å². The highest BCUT2D eigenvalue weighted by atomic mass is 32.2. The van der Waals surface area contributed by atoms with Crippen molar-refractivity contribution >= 4 is 27.3 Å². The number of hydrogen-bond acceptors (Lipinski definition) is 4. The summed E-state index contributed by atoms with van der Waals surface area (Å²) in [5.41, 5.74) is 2.50. The maximum Gasteiger partial charge on any atom is 0.243 e. The number of amides is 1. The topological polar surface area (TPSA) is 69.7 Å². The molecule has 1 atom stereocenters. The highest BCUT2D eigenvalue weighted by Gasteiger charge is 2.31. The van der Waals surface area contributed by atoms with Crippen LogP contribution in [0.3, 0.4) is 0 Å². The predicted octanol–water partition coefficient (Wildman–Crippen LogP) is 2.79. The average molecular weight is 404 g/mol. The molecule has 7 heteroatoms. The van der Waals surface area contributed by atoms with Gasteiger partial charge in [-0.3, -0.25) is 9.10 Å². The number of sulfonamides is 1. The smallest absolute Gasteiger partial charge is 0.243 e. The SMILES string of the molecule is CC[C@H](C(=O)NCCN(C)c1ccccc1)N(c1cccc(C)c1)S(C)(=O)=O. The van der Waals surface area contributed by atoms with E-state index in [0.29, 0.717) is 25.2 Å². The molecule has 152 valence electrons. The summed E-state index contributed by atoms with van der Waals surface area (Å²) >= 11 is 0. The van der Waals surface area contributed by atoms with Crippen molar-refractivity contribution in [1.82, 2.24) is 5.32 Å². The first-order chi connectivity index (χ1) is 13.2. The van der Waals surface area contributed by atoms with Gasteiger partial charge in [0.15, 0.2) is 0 Å². The molecule has 0 heterocycles. The summed E-state index contributed by atoms with van der Waals surface area (Å²) in [6, 6.07) is 16.3. The number of aryl methyl sites for hydroxylation is 1. The molecule has 0 aliphatic heterocycles. The number of anilines is 2. The summed E-state index contributed by atoms with van der Waals surface area (Å²) in [5.74, 6) is -0.295. The van der Waals surface area contributed by atoms with Gasteiger partial charge < -0.3 is 10.2 Å². The minimum Gasteiger partial charge on any atom is -0.373 e. The summed E-state index contributed by atoms with van der Waals surface area (Å²) in [5, 5.41) is 2.88. The molecule has 0 aromatic heterocycles. The number of benzene rings is 2. The number of para-hydroxylation sites is 1. The van der Waals surface area contributed by atoms with Crippen LogP contribution in [0.5, 0.6) is 0 Å². The molecule has 0 unspecified atom stereocenters. The van der Waals surface area contributed by atoms with Crippen LogP contribution in [-0.4, -0.2) is 46.8 Å². The van der Waals surface area contributed by atoms with E-state index in [9.17, 15) is 13.2 Å². The fourth-order valence-electron chi connectivity index (χ4n) is 3.10. The van der Waals surface area contributed by atoms with E-state index in [0.717, 1.165) is 17.5 Å². The van der Waals surface area contributed by atoms with E-state index < -0.39 is 16.1 Å². The van der Waals surface area contributed by atoms with Crippen molar-refractivity contribution < 1.29 is 13.2 Å². The van der Waals surface area contributed by atoms with Crippen LogP contribution in [-0.2, 0) is 14.8 Å². The summed E-state index contributed by atoms with van der Waals surface area (Å²) in [7, 11) is -1.66. The lowest BCUT2D eigenvalue weighted by Gasteiger charge is -2.30. The molecule has 0 aliphatic rings. The zero-order valence-corrected chi connectivity index (χ0v) is 17.7. The zero-order chi connectivity index (χ0) is 20.7. The molecule has 1 N–H and O–H groups in total. The normalized spacial score (nSPS) is 12.3. The summed E-state index contributed by atoms with van der Waals surface area (Å²) < 4.78 is 26.1. The fourth-order valence-corrected chi connectivity index (χ4v) is 4.31. The van der Waals surface area contributed by atoms with Gasteiger partial charge in [-0.25, -0.2) is 8.42 Å². The van der Waals surface area contributed by atoms with Gasteiger partial charge in [-0.05, 0) is 43.2 Å². The third-order valence-electron chi connectivity index (χ3n) is 4.53. The molecule has 2 aromatic rings. The molecular formula is C21H29N3O3S. The second-order valence-corrected chi connectivity index (χ2v) is 8.73. The Balaban J connectivity index is 2.09. The van der Waals surface area contributed by atoms with E-state index >= 15 is 0 Å². The number of carbonyl (C=O) groups is 1. The van der Waals surface area contributed by atoms with E-state index in [-0.39, 0.29) is 5.91 Å². The monoisotopic (exact) mass is 403 g/mol. The van der Waals surface area contributed by atoms with Crippen LogP contribution >= 0.6 is 0 Å². The van der Waals surface area contributed by atoms with Gasteiger partial charge in [-0.2, -0.15) is 0 Å². The van der Waals surface area contributed by atoms with Crippen molar-refractivity contribution in [3.8, 4) is 0 Å². The van der Waals surface area contributed by atoms with Gasteiger partial charge in [0.2, 0.25) is 15.9 Å². The third kappa shape index (κ3) is 5.73. The summed E-state index contributed by atoms with van der Waals surface area (Å²) in [4.78, 5) is 14.8. The van der Waals surface area contributed by atoms with Gasteiger partial charge in [0.05, 0.1) is 11.9 Å². The Hall–Kier alpha value is -2.54. The van der Waals surface area contributed by atoms with Gasteiger partial charge >= 0.3 is 0 Å². The Morgan fingerprint density at radius 1 is 1.07 bits per heavy atom. The number of nitrogens with zero attached hydrogens (tertiary/aromatic N) is 2. The molecule has 2 aromatic carbocycles. The van der Waals surface area contributed by atoms with Crippen molar-refractivity contribution in [3.05, 3.63) is 60.2 Å². The molecule has 0 saturated heterocycles. The quantitative estimate of drug-likeness (QED) is 0.699. The molecule has 2 rings (SSSR count). The summed E-state index contributed by atoms with van der Waals surface area (Å²) in [6.45, 7) is 4.75. The lowest BCUT2D eigenvalue weighted by molar-refractivity contribution is -0.122. The van der Waals surface area contributed by atoms with Crippen molar-refractivity contribution in [3.63, 3.8) is 0 Å². The van der Waals surface area contributed by atoms with Crippen LogP contribution in [0.2, 0.25) is 0 Å². The van der Waals surface area contributed by atoms with Crippen LogP contribution in [0.1, 0.15) is 18.9 Å². The van der Waals surface area contributed by atoms with Crippen molar-refractivity contribution in [2.75, 3.05) is 35.6 Å². The van der Waals surface area contributed by atoms with E-state index in [1.807, 2.05) is 62.2 Å². The largest absolute Gasteiger partial charge is 0.373 e. The first-order valence-electron chi connectivity index (χ1n) is 9.34. The van der Waals surface area contributed by atoms with Crippen LogP contribution in [0.4, 0.5) is 11.4 Å². The van der Waals surface area contributed by atoms with Gasteiger partial charge in [0.1, 0.15) is 6.04 Å². The lowest BCUT2D eigenvalue weighted by atomic mass is 10.1. The minimum absolute atomic E-state index is 0.295. The lowest BCUT2D eigenvalue weighted by Crippen LogP contribution is -2.50. The van der Waals surface area contributed by atoms with Crippen molar-refractivity contribution in [2.24, 2.45) is 0 Å². The van der Waals surface area contributed by atoms with E-state index in [1.165, 1.54) is 4.31 Å². The Morgan fingerprint density at radius 3 is 2.29 bits per heavy atom. The zero-order valence-electron chi connectivity index (χ0n) is 16.9. The molecular weight excluding hydrogens is 374 g/mol. The van der Waals surface area contributed by atoms with Crippen LogP contribution in [0.15, 0.2) is 54.6 Å². The number of carbonyl (C=O) groups excluding carboxylic acids is 1. The van der Waals surface area contributed by atoms with Crippen molar-refractivity contribution in [1.29, 1.82) is 0 Å². The number of nitrogens with one attached hydrogen (secondary N) is 1. The molecule has 1 amide bonds. The molecule has 0 spiro atoms. The first kappa shape index (κ1) is 21.8. The molecule has 0 aliphatic carbocycles. The maximum absolute atomic E-state index is 12.8. The van der Waals surface area contributed by atoms with Gasteiger partial charge in [0.25, 0.3) is 0 Å². The minimum atomic E-state index is -3.61. The Kier molecular flexibility index (Phi) is 7.45. The Bertz CT molecular complexity index is 885. The highest BCUT2D eigenvalue weighted by Crippen LogP contribution is 2.23. The number of hydrogen-bond donors (Lipinski definition) is 1. The molecule has 0 fully saturated rings. The van der Waals surface area contributed by atoms with E-state index in [4.69, 9.17) is 0 Å². The van der Waals surface area contributed by atoms with Crippen molar-refractivity contribution in [2.45, 2.75) is 26.3 Å². The number of likely N-dealkylation sites (N-methyl/N-ethyl adjacent to an activating group) is 1. The van der Waals surface area contributed by atoms with Gasteiger partial charge in [-0.1, -0.05) is 37.3 Å². The highest BCUT2D eigenvalue weighted by molar-refractivity contribution is 7.92. The molecule has 0 bridgehead atoms. The molecule has 6 nitrogen and oxygen atoms in total. The van der Waals surface area contributed by atoms with Crippen LogP contribution < -0.4 is 14.5 Å². The molecule has 0 saturated carbocycles. The average Bonchev–Trinajstić information content (AvgIpc) is 2.65. The third-order valence-corrected chi connectivity index (χ3v) is 5.71. The van der Waals surface area contributed by atoms with E-state index in [1.54, 1.807) is 18.2 Å². The fraction of sp³-hybridized carbons (Fsp3) is 0.381. The summed E-state index contributed by atoms with van der Waals surface area (Å²) in [6.07, 6.45) is 1.51. The second-order valence-electron chi connectivity index (χ2n) is 6.87. The Morgan fingerprint density at radius 2 is 1.71 bits per heavy atom. The van der Waals surface area contributed by atoms with E-state index in [2.05, 4.69) is 5.32 Å². The van der Waals surface area contributed by atoms with Gasteiger partial charge in [-0.15, -0.1) is 0 Å². The molecule has 0 radical (unpaired) electrons. The maximum atomic E-state index is 12.8. The van der Waals surface area contributed by atoms with Gasteiger partial charge in [0, 0.05) is 25.8 Å².